The number of ether oxygens (including phenoxy) is 2. The van der Waals surface area contributed by atoms with Crippen molar-refractivity contribution in [1.29, 1.82) is 0 Å². The molecule has 6 nitrogen and oxygen atoms in total. The summed E-state index contributed by atoms with van der Waals surface area (Å²) in [5.41, 5.74) is 3.32. The summed E-state index contributed by atoms with van der Waals surface area (Å²) in [7, 11) is 1.40. The zero-order valence-electron chi connectivity index (χ0n) is 20.0. The number of unbranched alkanes of at least 4 members (excludes halogenated alkanes) is 2. The summed E-state index contributed by atoms with van der Waals surface area (Å²) in [5, 5.41) is 9.52. The van der Waals surface area contributed by atoms with Gasteiger partial charge in [-0.25, -0.2) is 5.01 Å². The monoisotopic (exact) mass is 473 g/mol. The number of nitrogens with zero attached hydrogens (tertiary/aromatic N) is 2. The second-order valence-corrected chi connectivity index (χ2v) is 8.32. The van der Waals surface area contributed by atoms with E-state index >= 15 is 0 Å². The molecule has 34 heavy (non-hydrogen) atoms. The molecule has 2 aromatic carbocycles. The van der Waals surface area contributed by atoms with Crippen molar-refractivity contribution >= 4 is 17.3 Å². The molecule has 0 aliphatic carbocycles. The molecule has 1 atom stereocenters. The maximum absolute atomic E-state index is 12.9. The molecule has 1 unspecified atom stereocenters. The van der Waals surface area contributed by atoms with Gasteiger partial charge in [0.15, 0.2) is 11.5 Å². The fourth-order valence-electron chi connectivity index (χ4n) is 3.97. The Hall–Kier alpha value is -3.16. The van der Waals surface area contributed by atoms with Crippen molar-refractivity contribution in [1.82, 2.24) is 5.01 Å². The van der Waals surface area contributed by atoms with Crippen LogP contribution in [0.2, 0.25) is 0 Å². The van der Waals surface area contributed by atoms with E-state index in [0.717, 1.165) is 24.2 Å². The van der Waals surface area contributed by atoms with Gasteiger partial charge in [-0.05, 0) is 48.7 Å². The first-order chi connectivity index (χ1) is 16.4. The van der Waals surface area contributed by atoms with Crippen molar-refractivity contribution in [2.24, 2.45) is 11.0 Å². The van der Waals surface area contributed by atoms with Crippen molar-refractivity contribution in [3.63, 3.8) is 0 Å². The van der Waals surface area contributed by atoms with Gasteiger partial charge in [0.2, 0.25) is 5.91 Å². The summed E-state index contributed by atoms with van der Waals surface area (Å²) < 4.78 is 35.5. The Bertz CT molecular complexity index is 980. The lowest BCUT2D eigenvalue weighted by atomic mass is 9.89. The summed E-state index contributed by atoms with van der Waals surface area (Å²) >= 11 is 0. The minimum Gasteiger partial charge on any atom is -0.493 e. The number of carbonyl (C=O) groups is 1. The van der Waals surface area contributed by atoms with Crippen molar-refractivity contribution in [3.05, 3.63) is 53.6 Å². The number of hydrogen-bond acceptors (Lipinski definition) is 5. The number of halogens is 2. The Labute approximate surface area is 199 Å². The highest BCUT2D eigenvalue weighted by Gasteiger charge is 2.30. The molecular formula is C26H33F2N3O3. The van der Waals surface area contributed by atoms with Crippen LogP contribution in [0.3, 0.4) is 0 Å². The first-order valence-corrected chi connectivity index (χ1v) is 11.8. The Balaban J connectivity index is 1.79. The van der Waals surface area contributed by atoms with E-state index in [1.54, 1.807) is 12.1 Å². The standard InChI is InChI=1S/C26H33F2N3O3/c1-4-6-7-14-29-21-11-8-18(9-12-21)17-31-24(32)16-19(5-2)25(30-31)20-10-13-22(33-3)23(15-20)34-26(27)28/h8-13,15,19,26,29H,4-7,14,16-17H2,1-3H3. The van der Waals surface area contributed by atoms with Crippen LogP contribution in [0.4, 0.5) is 14.5 Å². The number of carbonyl (C=O) groups excluding carboxylic acids is 1. The van der Waals surface area contributed by atoms with E-state index in [-0.39, 0.29) is 23.3 Å². The molecule has 1 aliphatic heterocycles. The maximum atomic E-state index is 12.9. The van der Waals surface area contributed by atoms with Gasteiger partial charge >= 0.3 is 6.61 Å². The molecule has 8 heteroatoms. The number of hydrogen-bond donors (Lipinski definition) is 1. The predicted octanol–water partition coefficient (Wildman–Crippen LogP) is 6.06. The van der Waals surface area contributed by atoms with E-state index in [9.17, 15) is 13.6 Å². The molecule has 0 radical (unpaired) electrons. The summed E-state index contributed by atoms with van der Waals surface area (Å²) in [6.45, 7) is 2.46. The van der Waals surface area contributed by atoms with Crippen LogP contribution in [0.1, 0.15) is 57.1 Å². The van der Waals surface area contributed by atoms with E-state index in [2.05, 4.69) is 22.1 Å². The van der Waals surface area contributed by atoms with Gasteiger partial charge in [0.1, 0.15) is 0 Å². The zero-order chi connectivity index (χ0) is 24.5. The van der Waals surface area contributed by atoms with Crippen molar-refractivity contribution in [3.8, 4) is 11.5 Å². The minimum atomic E-state index is -2.97. The maximum Gasteiger partial charge on any atom is 0.387 e. The number of alkyl halides is 2. The van der Waals surface area contributed by atoms with Crippen LogP contribution in [0, 0.1) is 5.92 Å². The summed E-state index contributed by atoms with van der Waals surface area (Å²) in [6.07, 6.45) is 4.53. The molecule has 0 bridgehead atoms. The van der Waals surface area contributed by atoms with E-state index in [4.69, 9.17) is 4.74 Å². The normalized spacial score (nSPS) is 15.9. The highest BCUT2D eigenvalue weighted by Crippen LogP contribution is 2.33. The molecule has 3 rings (SSSR count). The third-order valence-corrected chi connectivity index (χ3v) is 5.89. The molecule has 1 aliphatic rings. The molecule has 0 saturated carbocycles. The molecule has 2 aromatic rings. The molecule has 0 fully saturated rings. The molecule has 184 valence electrons. The largest absolute Gasteiger partial charge is 0.493 e. The third-order valence-electron chi connectivity index (χ3n) is 5.89. The molecule has 1 heterocycles. The highest BCUT2D eigenvalue weighted by atomic mass is 19.3. The topological polar surface area (TPSA) is 63.2 Å². The lowest BCUT2D eigenvalue weighted by Gasteiger charge is -2.29. The number of amides is 1. The minimum absolute atomic E-state index is 0.0574. The number of methoxy groups -OCH3 is 1. The van der Waals surface area contributed by atoms with Crippen LogP contribution in [-0.2, 0) is 11.3 Å². The smallest absolute Gasteiger partial charge is 0.387 e. The molecule has 1 amide bonds. The molecule has 0 aromatic heterocycles. The fourth-order valence-corrected chi connectivity index (χ4v) is 3.97. The van der Waals surface area contributed by atoms with Gasteiger partial charge in [0, 0.05) is 30.1 Å². The molecule has 0 spiro atoms. The van der Waals surface area contributed by atoms with Gasteiger partial charge in [0.05, 0.1) is 19.4 Å². The van der Waals surface area contributed by atoms with E-state index in [1.807, 2.05) is 31.2 Å². The van der Waals surface area contributed by atoms with Gasteiger partial charge in [-0.1, -0.05) is 38.8 Å². The summed E-state index contributed by atoms with van der Waals surface area (Å²) in [6, 6.07) is 12.8. The van der Waals surface area contributed by atoms with Crippen LogP contribution < -0.4 is 14.8 Å². The Morgan fingerprint density at radius 1 is 1.12 bits per heavy atom. The number of nitrogens with one attached hydrogen (secondary N) is 1. The van der Waals surface area contributed by atoms with Gasteiger partial charge in [-0.15, -0.1) is 0 Å². The quantitative estimate of drug-likeness (QED) is 0.381. The fraction of sp³-hybridized carbons (Fsp3) is 0.462. The second kappa shape index (κ2) is 12.3. The first kappa shape index (κ1) is 25.5. The van der Waals surface area contributed by atoms with Gasteiger partial charge < -0.3 is 14.8 Å². The van der Waals surface area contributed by atoms with Gasteiger partial charge in [-0.2, -0.15) is 13.9 Å². The average molecular weight is 474 g/mol. The SMILES string of the molecule is CCCCCNc1ccc(CN2N=C(c3ccc(OC)c(OC(F)F)c3)C(CC)CC2=O)cc1. The molecule has 0 saturated heterocycles. The van der Waals surface area contributed by atoms with E-state index < -0.39 is 6.61 Å². The second-order valence-electron chi connectivity index (χ2n) is 8.32. The molecule has 1 N–H and O–H groups in total. The first-order valence-electron chi connectivity index (χ1n) is 11.8. The van der Waals surface area contributed by atoms with Crippen LogP contribution in [0.15, 0.2) is 47.6 Å². The zero-order valence-corrected chi connectivity index (χ0v) is 20.0. The van der Waals surface area contributed by atoms with Gasteiger partial charge in [0.25, 0.3) is 0 Å². The summed E-state index contributed by atoms with van der Waals surface area (Å²) in [5.74, 6) is -0.0102. The Morgan fingerprint density at radius 3 is 2.53 bits per heavy atom. The molecular weight excluding hydrogens is 440 g/mol. The van der Waals surface area contributed by atoms with Gasteiger partial charge in [-0.3, -0.25) is 4.79 Å². The van der Waals surface area contributed by atoms with E-state index in [0.29, 0.717) is 30.7 Å². The van der Waals surface area contributed by atoms with Crippen molar-refractivity contribution < 1.29 is 23.0 Å². The highest BCUT2D eigenvalue weighted by molar-refractivity contribution is 6.06. The lowest BCUT2D eigenvalue weighted by Crippen LogP contribution is -2.36. The number of anilines is 1. The van der Waals surface area contributed by atoms with Crippen molar-refractivity contribution in [2.45, 2.75) is 59.1 Å². The third kappa shape index (κ3) is 6.68. The summed E-state index contributed by atoms with van der Waals surface area (Å²) in [4.78, 5) is 12.8. The Morgan fingerprint density at radius 2 is 1.88 bits per heavy atom. The van der Waals surface area contributed by atoms with Crippen LogP contribution >= 0.6 is 0 Å². The average Bonchev–Trinajstić information content (AvgIpc) is 2.83. The van der Waals surface area contributed by atoms with E-state index in [1.165, 1.54) is 31.0 Å². The Kier molecular flexibility index (Phi) is 9.24. The number of rotatable bonds is 12. The predicted molar refractivity (Wildman–Crippen MR) is 130 cm³/mol. The van der Waals surface area contributed by atoms with Crippen LogP contribution in [0.5, 0.6) is 11.5 Å². The number of benzene rings is 2. The lowest BCUT2D eigenvalue weighted by molar-refractivity contribution is -0.133. The van der Waals surface area contributed by atoms with Crippen molar-refractivity contribution in [2.75, 3.05) is 19.0 Å². The number of hydrazone groups is 1. The van der Waals surface area contributed by atoms with Crippen LogP contribution in [-0.4, -0.2) is 36.9 Å². The van der Waals surface area contributed by atoms with Crippen LogP contribution in [0.25, 0.3) is 0 Å².